The third-order valence-electron chi connectivity index (χ3n) is 2.62. The van der Waals surface area contributed by atoms with Gasteiger partial charge in [0, 0.05) is 7.05 Å². The van der Waals surface area contributed by atoms with Gasteiger partial charge in [0.15, 0.2) is 0 Å². The van der Waals surface area contributed by atoms with Crippen molar-refractivity contribution in [3.63, 3.8) is 0 Å². The summed E-state index contributed by atoms with van der Waals surface area (Å²) in [5, 5.41) is 9.30. The van der Waals surface area contributed by atoms with Crippen molar-refractivity contribution in [1.82, 2.24) is 4.98 Å². The number of hydrogen-bond acceptors (Lipinski definition) is 3. The number of anilines is 1. The number of rotatable bonds is 2. The van der Waals surface area contributed by atoms with Gasteiger partial charge in [0.1, 0.15) is 16.9 Å². The maximum absolute atomic E-state index is 12.3. The van der Waals surface area contributed by atoms with Gasteiger partial charge in [0.05, 0.1) is 11.3 Å². The van der Waals surface area contributed by atoms with Gasteiger partial charge in [-0.2, -0.15) is 5.26 Å². The second kappa shape index (κ2) is 5.51. The number of nitriles is 1. The molecule has 0 aliphatic rings. The first-order chi connectivity index (χ1) is 9.13. The monoisotopic (exact) mass is 271 g/mol. The maximum atomic E-state index is 12.3. The quantitative estimate of drug-likeness (QED) is 0.789. The fourth-order valence-corrected chi connectivity index (χ4v) is 1.83. The van der Waals surface area contributed by atoms with E-state index in [2.05, 4.69) is 11.1 Å². The highest BCUT2D eigenvalue weighted by atomic mass is 35.5. The van der Waals surface area contributed by atoms with Crippen LogP contribution >= 0.6 is 11.6 Å². The Balaban J connectivity index is 2.37. The molecule has 0 atom stereocenters. The molecular weight excluding hydrogens is 262 g/mol. The standard InChI is InChI=1S/C14H10ClN3O/c1-18(12-7-3-2-5-10(12)9-16)14(19)11-6-4-8-13(15)17-11/h2-8H,1H3. The summed E-state index contributed by atoms with van der Waals surface area (Å²) in [7, 11) is 1.60. The largest absolute Gasteiger partial charge is 0.309 e. The molecule has 0 fully saturated rings. The molecule has 0 unspecified atom stereocenters. The van der Waals surface area contributed by atoms with Crippen LogP contribution in [-0.4, -0.2) is 17.9 Å². The van der Waals surface area contributed by atoms with Crippen molar-refractivity contribution in [2.45, 2.75) is 0 Å². The third-order valence-corrected chi connectivity index (χ3v) is 2.84. The Morgan fingerprint density at radius 2 is 2.00 bits per heavy atom. The van der Waals surface area contributed by atoms with Crippen LogP contribution in [0.25, 0.3) is 0 Å². The molecule has 0 bridgehead atoms. The van der Waals surface area contributed by atoms with E-state index in [1.807, 2.05) is 0 Å². The average Bonchev–Trinajstić information content (AvgIpc) is 2.45. The normalized spacial score (nSPS) is 9.74. The molecule has 0 radical (unpaired) electrons. The van der Waals surface area contributed by atoms with Gasteiger partial charge in [0.25, 0.3) is 5.91 Å². The lowest BCUT2D eigenvalue weighted by molar-refractivity contribution is 0.0988. The van der Waals surface area contributed by atoms with Gasteiger partial charge in [-0.3, -0.25) is 4.79 Å². The molecule has 1 aromatic heterocycles. The Morgan fingerprint density at radius 3 is 2.68 bits per heavy atom. The van der Waals surface area contributed by atoms with Crippen LogP contribution in [0.2, 0.25) is 5.15 Å². The van der Waals surface area contributed by atoms with E-state index < -0.39 is 0 Å². The molecular formula is C14H10ClN3O. The van der Waals surface area contributed by atoms with Crippen molar-refractivity contribution in [2.24, 2.45) is 0 Å². The highest BCUT2D eigenvalue weighted by molar-refractivity contribution is 6.29. The number of aromatic nitrogens is 1. The Morgan fingerprint density at radius 1 is 1.26 bits per heavy atom. The fraction of sp³-hybridized carbons (Fsp3) is 0.0714. The number of carbonyl (C=O) groups is 1. The van der Waals surface area contributed by atoms with Crippen LogP contribution in [0.5, 0.6) is 0 Å². The Hall–Kier alpha value is -2.38. The number of pyridine rings is 1. The first-order valence-corrected chi connectivity index (χ1v) is 5.91. The van der Waals surface area contributed by atoms with Crippen LogP contribution < -0.4 is 4.90 Å². The number of hydrogen-bond donors (Lipinski definition) is 0. The van der Waals surface area contributed by atoms with E-state index in [4.69, 9.17) is 16.9 Å². The highest BCUT2D eigenvalue weighted by Crippen LogP contribution is 2.20. The van der Waals surface area contributed by atoms with E-state index in [0.29, 0.717) is 11.3 Å². The molecule has 0 saturated heterocycles. The van der Waals surface area contributed by atoms with Gasteiger partial charge < -0.3 is 4.90 Å². The zero-order valence-electron chi connectivity index (χ0n) is 10.2. The molecule has 0 aliphatic heterocycles. The molecule has 1 heterocycles. The fourth-order valence-electron chi connectivity index (χ4n) is 1.67. The van der Waals surface area contributed by atoms with Gasteiger partial charge in [-0.05, 0) is 24.3 Å². The van der Waals surface area contributed by atoms with E-state index in [-0.39, 0.29) is 16.8 Å². The van der Waals surface area contributed by atoms with Crippen molar-refractivity contribution in [2.75, 3.05) is 11.9 Å². The van der Waals surface area contributed by atoms with Gasteiger partial charge in [-0.15, -0.1) is 0 Å². The third kappa shape index (κ3) is 2.72. The predicted molar refractivity (Wildman–Crippen MR) is 73.1 cm³/mol. The van der Waals surface area contributed by atoms with E-state index in [9.17, 15) is 4.79 Å². The molecule has 19 heavy (non-hydrogen) atoms. The van der Waals surface area contributed by atoms with Crippen LogP contribution in [0.1, 0.15) is 16.1 Å². The van der Waals surface area contributed by atoms with Crippen LogP contribution in [-0.2, 0) is 0 Å². The molecule has 2 rings (SSSR count). The van der Waals surface area contributed by atoms with Crippen LogP contribution in [0.3, 0.4) is 0 Å². The van der Waals surface area contributed by atoms with Crippen LogP contribution in [0.15, 0.2) is 42.5 Å². The topological polar surface area (TPSA) is 57.0 Å². The minimum atomic E-state index is -0.315. The smallest absolute Gasteiger partial charge is 0.276 e. The number of carbonyl (C=O) groups excluding carboxylic acids is 1. The lowest BCUT2D eigenvalue weighted by atomic mass is 10.1. The van der Waals surface area contributed by atoms with Crippen LogP contribution in [0.4, 0.5) is 5.69 Å². The summed E-state index contributed by atoms with van der Waals surface area (Å²) in [6, 6.07) is 13.8. The molecule has 94 valence electrons. The predicted octanol–water partition coefficient (Wildman–Crippen LogP) is 2.88. The van der Waals surface area contributed by atoms with Crippen molar-refractivity contribution in [3.05, 3.63) is 58.9 Å². The van der Waals surface area contributed by atoms with Gasteiger partial charge in [0.2, 0.25) is 0 Å². The van der Waals surface area contributed by atoms with Crippen molar-refractivity contribution in [1.29, 1.82) is 5.26 Å². The van der Waals surface area contributed by atoms with Crippen molar-refractivity contribution in [3.8, 4) is 6.07 Å². The minimum Gasteiger partial charge on any atom is -0.309 e. The summed E-state index contributed by atoms with van der Waals surface area (Å²) in [5.74, 6) is -0.315. The Bertz CT molecular complexity index is 664. The van der Waals surface area contributed by atoms with E-state index in [1.54, 1.807) is 49.5 Å². The van der Waals surface area contributed by atoms with Gasteiger partial charge >= 0.3 is 0 Å². The summed E-state index contributed by atoms with van der Waals surface area (Å²) in [6.45, 7) is 0. The van der Waals surface area contributed by atoms with Gasteiger partial charge in [-0.1, -0.05) is 29.8 Å². The second-order valence-electron chi connectivity index (χ2n) is 3.84. The zero-order valence-corrected chi connectivity index (χ0v) is 10.9. The highest BCUT2D eigenvalue weighted by Gasteiger charge is 2.17. The molecule has 5 heteroatoms. The summed E-state index contributed by atoms with van der Waals surface area (Å²) in [4.78, 5) is 17.6. The van der Waals surface area contributed by atoms with E-state index in [1.165, 1.54) is 4.90 Å². The molecule has 1 aromatic carbocycles. The Kier molecular flexibility index (Phi) is 3.79. The SMILES string of the molecule is CN(C(=O)c1cccc(Cl)n1)c1ccccc1C#N. The molecule has 0 spiro atoms. The molecule has 4 nitrogen and oxygen atoms in total. The van der Waals surface area contributed by atoms with Crippen molar-refractivity contribution < 1.29 is 4.79 Å². The van der Waals surface area contributed by atoms with Crippen LogP contribution in [0, 0.1) is 11.3 Å². The van der Waals surface area contributed by atoms with Crippen molar-refractivity contribution >= 4 is 23.2 Å². The maximum Gasteiger partial charge on any atom is 0.276 e. The first kappa shape index (κ1) is 13.1. The lowest BCUT2D eigenvalue weighted by Crippen LogP contribution is -2.27. The molecule has 0 saturated carbocycles. The van der Waals surface area contributed by atoms with E-state index >= 15 is 0 Å². The molecule has 0 aliphatic carbocycles. The molecule has 0 N–H and O–H groups in total. The lowest BCUT2D eigenvalue weighted by Gasteiger charge is -2.18. The summed E-state index contributed by atoms with van der Waals surface area (Å²) >= 11 is 5.76. The first-order valence-electron chi connectivity index (χ1n) is 5.53. The van der Waals surface area contributed by atoms with E-state index in [0.717, 1.165) is 0 Å². The summed E-state index contributed by atoms with van der Waals surface area (Å²) in [5.41, 5.74) is 1.21. The zero-order chi connectivity index (χ0) is 13.8. The average molecular weight is 272 g/mol. The number of para-hydroxylation sites is 1. The summed E-state index contributed by atoms with van der Waals surface area (Å²) < 4.78 is 0. The molecule has 1 amide bonds. The Labute approximate surface area is 115 Å². The number of halogens is 1. The number of benzene rings is 1. The minimum absolute atomic E-state index is 0.239. The second-order valence-corrected chi connectivity index (χ2v) is 4.23. The molecule has 2 aromatic rings. The number of nitrogens with zero attached hydrogens (tertiary/aromatic N) is 3. The number of amides is 1. The summed E-state index contributed by atoms with van der Waals surface area (Å²) in [6.07, 6.45) is 0. The van der Waals surface area contributed by atoms with Gasteiger partial charge in [-0.25, -0.2) is 4.98 Å².